The van der Waals surface area contributed by atoms with E-state index in [1.807, 2.05) is 13.0 Å². The first-order chi connectivity index (χ1) is 10.5. The molecule has 3 aromatic rings. The maximum atomic E-state index is 12.4. The summed E-state index contributed by atoms with van der Waals surface area (Å²) in [6.45, 7) is 2.22. The van der Waals surface area contributed by atoms with Crippen molar-refractivity contribution in [2.45, 2.75) is 13.5 Å². The van der Waals surface area contributed by atoms with E-state index in [0.717, 1.165) is 5.56 Å². The lowest BCUT2D eigenvalue weighted by atomic mass is 10.1. The summed E-state index contributed by atoms with van der Waals surface area (Å²) in [5.41, 5.74) is 1.24. The molecule has 3 rings (SSSR count). The maximum absolute atomic E-state index is 12.4. The average Bonchev–Trinajstić information content (AvgIpc) is 2.87. The number of aromatic nitrogens is 4. The van der Waals surface area contributed by atoms with Gasteiger partial charge >= 0.3 is 0 Å². The normalized spacial score (nSPS) is 10.8. The van der Waals surface area contributed by atoms with Crippen molar-refractivity contribution in [1.29, 1.82) is 5.26 Å². The lowest BCUT2D eigenvalue weighted by Crippen LogP contribution is -2.15. The first-order valence-corrected chi connectivity index (χ1v) is 6.95. The highest BCUT2D eigenvalue weighted by atomic mass is 35.5. The van der Waals surface area contributed by atoms with Crippen LogP contribution >= 0.6 is 11.6 Å². The SMILES string of the molecule is Cc1cc(Cl)c2c(c1)c(=O)c(C#N)cn2Cc1ncnn1C. The molecule has 0 saturated heterocycles. The van der Waals surface area contributed by atoms with Gasteiger partial charge in [0.1, 0.15) is 23.8 Å². The van der Waals surface area contributed by atoms with E-state index >= 15 is 0 Å². The minimum absolute atomic E-state index is 0.0799. The largest absolute Gasteiger partial charge is 0.337 e. The zero-order chi connectivity index (χ0) is 15.9. The van der Waals surface area contributed by atoms with Crippen molar-refractivity contribution in [1.82, 2.24) is 19.3 Å². The van der Waals surface area contributed by atoms with Crippen LogP contribution in [-0.4, -0.2) is 19.3 Å². The van der Waals surface area contributed by atoms with Gasteiger partial charge in [-0.05, 0) is 24.6 Å². The highest BCUT2D eigenvalue weighted by Crippen LogP contribution is 2.24. The standard InChI is InChI=1S/C15H12ClN5O/c1-9-3-11-14(12(16)4-9)21(6-10(5-17)15(11)22)7-13-18-8-19-20(13)2/h3-4,6,8H,7H2,1-2H3. The molecule has 2 aromatic heterocycles. The third kappa shape index (κ3) is 2.26. The number of nitrogens with zero attached hydrogens (tertiary/aromatic N) is 5. The summed E-state index contributed by atoms with van der Waals surface area (Å²) in [4.78, 5) is 16.5. The predicted molar refractivity (Wildman–Crippen MR) is 82.8 cm³/mol. The van der Waals surface area contributed by atoms with Crippen LogP contribution in [0.1, 0.15) is 17.0 Å². The minimum atomic E-state index is -0.308. The molecule has 22 heavy (non-hydrogen) atoms. The topological polar surface area (TPSA) is 76.5 Å². The number of hydrogen-bond acceptors (Lipinski definition) is 4. The fraction of sp³-hybridized carbons (Fsp3) is 0.200. The molecular formula is C15H12ClN5O. The van der Waals surface area contributed by atoms with Gasteiger partial charge < -0.3 is 4.57 Å². The van der Waals surface area contributed by atoms with Gasteiger partial charge in [-0.3, -0.25) is 9.48 Å². The summed E-state index contributed by atoms with van der Waals surface area (Å²) in [7, 11) is 1.78. The molecule has 0 amide bonds. The smallest absolute Gasteiger partial charge is 0.207 e. The van der Waals surface area contributed by atoms with Gasteiger partial charge in [-0.15, -0.1) is 0 Å². The Morgan fingerprint density at radius 1 is 1.41 bits per heavy atom. The van der Waals surface area contributed by atoms with E-state index in [-0.39, 0.29) is 11.0 Å². The van der Waals surface area contributed by atoms with Crippen LogP contribution in [0.4, 0.5) is 0 Å². The fourth-order valence-electron chi connectivity index (χ4n) is 2.44. The third-order valence-electron chi connectivity index (χ3n) is 3.51. The van der Waals surface area contributed by atoms with Crippen LogP contribution in [0, 0.1) is 18.3 Å². The molecule has 6 nitrogen and oxygen atoms in total. The van der Waals surface area contributed by atoms with E-state index in [9.17, 15) is 10.1 Å². The number of halogens is 1. The number of pyridine rings is 1. The molecule has 0 N–H and O–H groups in total. The maximum Gasteiger partial charge on any atom is 0.207 e. The Morgan fingerprint density at radius 2 is 2.18 bits per heavy atom. The molecule has 0 aliphatic rings. The highest BCUT2D eigenvalue weighted by molar-refractivity contribution is 6.35. The van der Waals surface area contributed by atoms with Gasteiger partial charge in [0.2, 0.25) is 5.43 Å². The van der Waals surface area contributed by atoms with Crippen molar-refractivity contribution >= 4 is 22.5 Å². The molecule has 0 radical (unpaired) electrons. The molecule has 0 aliphatic carbocycles. The Morgan fingerprint density at radius 3 is 2.82 bits per heavy atom. The number of rotatable bonds is 2. The molecule has 0 bridgehead atoms. The molecule has 0 saturated carbocycles. The van der Waals surface area contributed by atoms with Gasteiger partial charge in [0.25, 0.3) is 0 Å². The second kappa shape index (κ2) is 5.28. The van der Waals surface area contributed by atoms with Crippen LogP contribution in [0.5, 0.6) is 0 Å². The van der Waals surface area contributed by atoms with Crippen molar-refractivity contribution < 1.29 is 0 Å². The Labute approximate surface area is 131 Å². The zero-order valence-electron chi connectivity index (χ0n) is 12.0. The quantitative estimate of drug-likeness (QED) is 0.725. The Hall–Kier alpha value is -2.65. The van der Waals surface area contributed by atoms with Crippen LogP contribution < -0.4 is 5.43 Å². The molecule has 0 aliphatic heterocycles. The summed E-state index contributed by atoms with van der Waals surface area (Å²) < 4.78 is 3.40. The van der Waals surface area contributed by atoms with Crippen molar-refractivity contribution in [2.24, 2.45) is 7.05 Å². The molecule has 0 atom stereocenters. The van der Waals surface area contributed by atoms with Gasteiger partial charge in [-0.25, -0.2) is 4.98 Å². The van der Waals surface area contributed by atoms with E-state index in [1.165, 1.54) is 12.5 Å². The van der Waals surface area contributed by atoms with Crippen LogP contribution in [0.15, 0.2) is 29.5 Å². The van der Waals surface area contributed by atoms with Crippen molar-refractivity contribution in [3.8, 4) is 6.07 Å². The predicted octanol–water partition coefficient (Wildman–Crippen LogP) is 2.01. The Kier molecular flexibility index (Phi) is 3.43. The van der Waals surface area contributed by atoms with Crippen molar-refractivity contribution in [2.75, 3.05) is 0 Å². The zero-order valence-corrected chi connectivity index (χ0v) is 12.8. The van der Waals surface area contributed by atoms with E-state index in [4.69, 9.17) is 11.6 Å². The molecule has 0 spiro atoms. The van der Waals surface area contributed by atoms with Crippen LogP contribution in [0.25, 0.3) is 10.9 Å². The summed E-state index contributed by atoms with van der Waals surface area (Å²) in [6, 6.07) is 5.48. The number of hydrogen-bond donors (Lipinski definition) is 0. The van der Waals surface area contributed by atoms with Crippen LogP contribution in [0.3, 0.4) is 0 Å². The highest BCUT2D eigenvalue weighted by Gasteiger charge is 2.14. The second-order valence-corrected chi connectivity index (χ2v) is 5.46. The molecule has 0 unspecified atom stereocenters. The van der Waals surface area contributed by atoms with E-state index in [2.05, 4.69) is 10.1 Å². The van der Waals surface area contributed by atoms with Crippen LogP contribution in [-0.2, 0) is 13.6 Å². The van der Waals surface area contributed by atoms with Gasteiger partial charge in [0.05, 0.1) is 17.1 Å². The molecule has 1 aromatic carbocycles. The molecule has 7 heteroatoms. The summed E-state index contributed by atoms with van der Waals surface area (Å²) >= 11 is 6.33. The van der Waals surface area contributed by atoms with Gasteiger partial charge in [0.15, 0.2) is 0 Å². The Bertz CT molecular complexity index is 980. The van der Waals surface area contributed by atoms with Crippen LogP contribution in [0.2, 0.25) is 5.02 Å². The first-order valence-electron chi connectivity index (χ1n) is 6.57. The summed E-state index contributed by atoms with van der Waals surface area (Å²) in [5.74, 6) is 0.700. The lowest BCUT2D eigenvalue weighted by molar-refractivity contribution is 0.661. The fourth-order valence-corrected chi connectivity index (χ4v) is 2.83. The first kappa shape index (κ1) is 14.3. The summed E-state index contributed by atoms with van der Waals surface area (Å²) in [6.07, 6.45) is 2.97. The van der Waals surface area contributed by atoms with E-state index in [0.29, 0.717) is 28.3 Å². The van der Waals surface area contributed by atoms with Gasteiger partial charge in [0, 0.05) is 18.6 Å². The molecule has 0 fully saturated rings. The molecular weight excluding hydrogens is 302 g/mol. The lowest BCUT2D eigenvalue weighted by Gasteiger charge is -2.13. The second-order valence-electron chi connectivity index (χ2n) is 5.05. The van der Waals surface area contributed by atoms with E-state index < -0.39 is 0 Å². The molecule has 2 heterocycles. The monoisotopic (exact) mass is 313 g/mol. The molecule has 110 valence electrons. The number of benzene rings is 1. The summed E-state index contributed by atoms with van der Waals surface area (Å²) in [5, 5.41) is 14.1. The number of nitriles is 1. The van der Waals surface area contributed by atoms with E-state index in [1.54, 1.807) is 28.4 Å². The third-order valence-corrected chi connectivity index (χ3v) is 3.79. The minimum Gasteiger partial charge on any atom is -0.337 e. The number of fused-ring (bicyclic) bond motifs is 1. The van der Waals surface area contributed by atoms with Gasteiger partial charge in [-0.2, -0.15) is 10.4 Å². The number of aryl methyl sites for hydroxylation is 2. The average molecular weight is 314 g/mol. The van der Waals surface area contributed by atoms with Crippen molar-refractivity contribution in [3.05, 3.63) is 56.9 Å². The van der Waals surface area contributed by atoms with Crippen molar-refractivity contribution in [3.63, 3.8) is 0 Å². The van der Waals surface area contributed by atoms with Gasteiger partial charge in [-0.1, -0.05) is 11.6 Å². The Balaban J connectivity index is 2.34.